The van der Waals surface area contributed by atoms with Crippen LogP contribution in [0.4, 0.5) is 0 Å². The molecule has 2 atom stereocenters. The van der Waals surface area contributed by atoms with Gasteiger partial charge in [-0.05, 0) is 18.1 Å². The molecule has 0 fully saturated rings. The highest BCUT2D eigenvalue weighted by molar-refractivity contribution is 5.23. The predicted octanol–water partition coefficient (Wildman–Crippen LogP) is 2.44. The summed E-state index contributed by atoms with van der Waals surface area (Å²) in [5.74, 6) is 0.612. The van der Waals surface area contributed by atoms with E-state index in [1.165, 1.54) is 5.56 Å². The van der Waals surface area contributed by atoms with E-state index in [1.54, 1.807) is 13.3 Å². The van der Waals surface area contributed by atoms with Crippen molar-refractivity contribution in [2.45, 2.75) is 19.0 Å². The van der Waals surface area contributed by atoms with Gasteiger partial charge in [-0.25, -0.2) is 4.98 Å². The molecule has 1 heterocycles. The first-order valence-electron chi connectivity index (χ1n) is 6.75. The molecule has 0 saturated carbocycles. The van der Waals surface area contributed by atoms with E-state index >= 15 is 0 Å². The minimum absolute atomic E-state index is 0.0728. The second kappa shape index (κ2) is 7.03. The molecule has 0 aliphatic heterocycles. The highest BCUT2D eigenvalue weighted by atomic mass is 16.5. The van der Waals surface area contributed by atoms with Crippen LogP contribution in [-0.4, -0.2) is 18.6 Å². The summed E-state index contributed by atoms with van der Waals surface area (Å²) >= 11 is 0. The van der Waals surface area contributed by atoms with Gasteiger partial charge in [-0.1, -0.05) is 36.4 Å². The Kier molecular flexibility index (Phi) is 5.09. The number of nitrogens with two attached hydrogens (primary N) is 1. The van der Waals surface area contributed by atoms with Gasteiger partial charge in [-0.15, -0.1) is 0 Å². The van der Waals surface area contributed by atoms with Crippen LogP contribution in [0.1, 0.15) is 30.1 Å². The predicted molar refractivity (Wildman–Crippen MR) is 80.6 cm³/mol. The van der Waals surface area contributed by atoms with Gasteiger partial charge >= 0.3 is 0 Å². The maximum atomic E-state index is 5.88. The summed E-state index contributed by atoms with van der Waals surface area (Å²) in [6.07, 6.45) is 1.81. The van der Waals surface area contributed by atoms with Crippen LogP contribution in [0.5, 0.6) is 5.88 Å². The molecule has 106 valence electrons. The van der Waals surface area contributed by atoms with Crippen molar-refractivity contribution in [1.29, 1.82) is 0 Å². The zero-order valence-corrected chi connectivity index (χ0v) is 11.9. The van der Waals surface area contributed by atoms with Crippen molar-refractivity contribution in [2.24, 2.45) is 5.73 Å². The Morgan fingerprint density at radius 2 is 1.90 bits per heavy atom. The maximum Gasteiger partial charge on any atom is 0.212 e. The summed E-state index contributed by atoms with van der Waals surface area (Å²) in [5.41, 5.74) is 8.19. The van der Waals surface area contributed by atoms with E-state index in [-0.39, 0.29) is 12.1 Å². The lowest BCUT2D eigenvalue weighted by Gasteiger charge is -2.22. The number of pyridine rings is 1. The smallest absolute Gasteiger partial charge is 0.212 e. The third-order valence-electron chi connectivity index (χ3n) is 3.36. The van der Waals surface area contributed by atoms with E-state index in [4.69, 9.17) is 10.5 Å². The monoisotopic (exact) mass is 271 g/mol. The van der Waals surface area contributed by atoms with Crippen LogP contribution >= 0.6 is 0 Å². The van der Waals surface area contributed by atoms with E-state index in [1.807, 2.05) is 30.3 Å². The van der Waals surface area contributed by atoms with Crippen molar-refractivity contribution in [3.8, 4) is 5.88 Å². The number of hydrogen-bond donors (Lipinski definition) is 2. The molecule has 0 bridgehead atoms. The number of benzene rings is 1. The topological polar surface area (TPSA) is 60.2 Å². The fourth-order valence-corrected chi connectivity index (χ4v) is 2.16. The Morgan fingerprint density at radius 1 is 1.15 bits per heavy atom. The molecule has 0 aliphatic rings. The number of aromatic nitrogens is 1. The summed E-state index contributed by atoms with van der Waals surface area (Å²) in [5, 5.41) is 3.53. The van der Waals surface area contributed by atoms with Crippen molar-refractivity contribution < 1.29 is 4.74 Å². The standard InChI is InChI=1S/C16H21N3O/c1-12(13-6-4-3-5-7-13)19-15(10-17)14-8-9-16(20-2)18-11-14/h3-9,11-12,15,19H,10,17H2,1-2H3. The number of rotatable bonds is 6. The molecule has 0 saturated heterocycles. The van der Waals surface area contributed by atoms with Crippen molar-refractivity contribution in [3.63, 3.8) is 0 Å². The van der Waals surface area contributed by atoms with Crippen molar-refractivity contribution in [1.82, 2.24) is 10.3 Å². The molecule has 0 aliphatic carbocycles. The quantitative estimate of drug-likeness (QED) is 0.847. The van der Waals surface area contributed by atoms with Crippen molar-refractivity contribution >= 4 is 0 Å². The molecule has 0 radical (unpaired) electrons. The van der Waals surface area contributed by atoms with Gasteiger partial charge in [-0.2, -0.15) is 0 Å². The van der Waals surface area contributed by atoms with Crippen molar-refractivity contribution in [3.05, 3.63) is 59.8 Å². The first-order valence-corrected chi connectivity index (χ1v) is 6.75. The molecule has 2 aromatic rings. The van der Waals surface area contributed by atoms with Gasteiger partial charge in [0.05, 0.1) is 7.11 Å². The minimum Gasteiger partial charge on any atom is -0.481 e. The van der Waals surface area contributed by atoms with Crippen LogP contribution in [0.2, 0.25) is 0 Å². The second-order valence-corrected chi connectivity index (χ2v) is 4.72. The molecular weight excluding hydrogens is 250 g/mol. The first kappa shape index (κ1) is 14.5. The number of ether oxygens (including phenoxy) is 1. The van der Waals surface area contributed by atoms with Gasteiger partial charge in [0.1, 0.15) is 0 Å². The SMILES string of the molecule is COc1ccc(C(CN)NC(C)c2ccccc2)cn1. The fourth-order valence-electron chi connectivity index (χ4n) is 2.16. The molecule has 20 heavy (non-hydrogen) atoms. The Bertz CT molecular complexity index is 513. The molecule has 0 amide bonds. The van der Waals surface area contributed by atoms with Crippen LogP contribution in [0.25, 0.3) is 0 Å². The van der Waals surface area contributed by atoms with E-state index in [0.29, 0.717) is 12.4 Å². The second-order valence-electron chi connectivity index (χ2n) is 4.72. The normalized spacial score (nSPS) is 13.8. The lowest BCUT2D eigenvalue weighted by Crippen LogP contribution is -2.30. The maximum absolute atomic E-state index is 5.88. The van der Waals surface area contributed by atoms with Gasteiger partial charge in [0.15, 0.2) is 0 Å². The van der Waals surface area contributed by atoms with Crippen molar-refractivity contribution in [2.75, 3.05) is 13.7 Å². The Labute approximate surface area is 120 Å². The summed E-state index contributed by atoms with van der Waals surface area (Å²) < 4.78 is 5.07. The number of hydrogen-bond acceptors (Lipinski definition) is 4. The Morgan fingerprint density at radius 3 is 2.45 bits per heavy atom. The average molecular weight is 271 g/mol. The van der Waals surface area contributed by atoms with Gasteiger partial charge in [0.2, 0.25) is 5.88 Å². The Balaban J connectivity index is 2.08. The summed E-state index contributed by atoms with van der Waals surface area (Å²) in [4.78, 5) is 4.23. The largest absolute Gasteiger partial charge is 0.481 e. The van der Waals surface area contributed by atoms with Crippen LogP contribution < -0.4 is 15.8 Å². The molecular formula is C16H21N3O. The Hall–Kier alpha value is -1.91. The van der Waals surface area contributed by atoms with E-state index in [9.17, 15) is 0 Å². The molecule has 2 unspecified atom stereocenters. The third kappa shape index (κ3) is 3.56. The first-order chi connectivity index (χ1) is 9.74. The molecule has 3 N–H and O–H groups in total. The van der Waals surface area contributed by atoms with Gasteiger partial charge in [0, 0.05) is 30.9 Å². The zero-order valence-electron chi connectivity index (χ0n) is 11.9. The zero-order chi connectivity index (χ0) is 14.4. The molecule has 4 heteroatoms. The number of methoxy groups -OCH3 is 1. The lowest BCUT2D eigenvalue weighted by molar-refractivity contribution is 0.396. The molecule has 0 spiro atoms. The molecule has 1 aromatic carbocycles. The highest BCUT2D eigenvalue weighted by Gasteiger charge is 2.14. The van der Waals surface area contributed by atoms with Crippen LogP contribution in [0.15, 0.2) is 48.7 Å². The molecule has 2 rings (SSSR count). The van der Waals surface area contributed by atoms with E-state index < -0.39 is 0 Å². The van der Waals surface area contributed by atoms with Gasteiger partial charge < -0.3 is 15.8 Å². The van der Waals surface area contributed by atoms with Crippen LogP contribution in [-0.2, 0) is 0 Å². The van der Waals surface area contributed by atoms with Crippen LogP contribution in [0, 0.1) is 0 Å². The number of nitrogens with one attached hydrogen (secondary N) is 1. The van der Waals surface area contributed by atoms with Gasteiger partial charge in [0.25, 0.3) is 0 Å². The van der Waals surface area contributed by atoms with E-state index in [0.717, 1.165) is 5.56 Å². The molecule has 1 aromatic heterocycles. The lowest BCUT2D eigenvalue weighted by atomic mass is 10.0. The average Bonchev–Trinajstić information content (AvgIpc) is 2.53. The fraction of sp³-hybridized carbons (Fsp3) is 0.312. The minimum atomic E-state index is 0.0728. The summed E-state index contributed by atoms with van der Waals surface area (Å²) in [6.45, 7) is 2.65. The van der Waals surface area contributed by atoms with Gasteiger partial charge in [-0.3, -0.25) is 0 Å². The summed E-state index contributed by atoms with van der Waals surface area (Å²) in [7, 11) is 1.61. The summed E-state index contributed by atoms with van der Waals surface area (Å²) in [6, 6.07) is 14.5. The number of nitrogens with zero attached hydrogens (tertiary/aromatic N) is 1. The highest BCUT2D eigenvalue weighted by Crippen LogP contribution is 2.19. The van der Waals surface area contributed by atoms with Crippen LogP contribution in [0.3, 0.4) is 0 Å². The molecule has 4 nitrogen and oxygen atoms in total. The van der Waals surface area contributed by atoms with E-state index in [2.05, 4.69) is 29.4 Å². The third-order valence-corrected chi connectivity index (χ3v) is 3.36.